The summed E-state index contributed by atoms with van der Waals surface area (Å²) in [6.07, 6.45) is 0. The molecular formula is C23H26N4O4S. The maximum Gasteiger partial charge on any atom is 0.338 e. The summed E-state index contributed by atoms with van der Waals surface area (Å²) in [4.78, 5) is 24.0. The second-order valence-electron chi connectivity index (χ2n) is 7.20. The summed E-state index contributed by atoms with van der Waals surface area (Å²) < 4.78 is 12.6. The van der Waals surface area contributed by atoms with Gasteiger partial charge in [0.25, 0.3) is 0 Å². The number of thioether (sulfide) groups is 1. The van der Waals surface area contributed by atoms with Gasteiger partial charge < -0.3 is 19.4 Å². The number of benzene rings is 2. The number of esters is 1. The molecule has 0 saturated carbocycles. The fourth-order valence-electron chi connectivity index (χ4n) is 2.99. The van der Waals surface area contributed by atoms with E-state index < -0.39 is 0 Å². The number of nitrogens with one attached hydrogen (secondary N) is 1. The van der Waals surface area contributed by atoms with Crippen molar-refractivity contribution in [1.29, 1.82) is 0 Å². The Morgan fingerprint density at radius 3 is 2.41 bits per heavy atom. The van der Waals surface area contributed by atoms with Crippen molar-refractivity contribution in [2.24, 2.45) is 7.05 Å². The quantitative estimate of drug-likeness (QED) is 0.387. The molecule has 0 saturated heterocycles. The molecule has 3 aromatic rings. The van der Waals surface area contributed by atoms with E-state index >= 15 is 0 Å². The number of hydrogen-bond acceptors (Lipinski definition) is 7. The lowest BCUT2D eigenvalue weighted by atomic mass is 10.1. The zero-order chi connectivity index (χ0) is 23.1. The molecule has 0 spiro atoms. The minimum absolute atomic E-state index is 0.170. The van der Waals surface area contributed by atoms with Crippen LogP contribution in [0.1, 0.15) is 34.2 Å². The van der Waals surface area contributed by atoms with E-state index in [1.165, 1.54) is 11.8 Å². The largest absolute Gasteiger partial charge is 0.486 e. The molecule has 0 unspecified atom stereocenters. The van der Waals surface area contributed by atoms with Gasteiger partial charge in [0.1, 0.15) is 12.4 Å². The Morgan fingerprint density at radius 1 is 1.06 bits per heavy atom. The zero-order valence-electron chi connectivity index (χ0n) is 18.5. The second-order valence-corrected chi connectivity index (χ2v) is 8.15. The number of anilines is 1. The van der Waals surface area contributed by atoms with Gasteiger partial charge in [0, 0.05) is 12.7 Å². The van der Waals surface area contributed by atoms with E-state index in [0.29, 0.717) is 28.8 Å². The summed E-state index contributed by atoms with van der Waals surface area (Å²) in [5.74, 6) is 1.05. The maximum absolute atomic E-state index is 12.3. The number of aryl methyl sites for hydroxylation is 2. The number of nitrogens with zero attached hydrogens (tertiary/aromatic N) is 3. The van der Waals surface area contributed by atoms with Gasteiger partial charge in [-0.1, -0.05) is 17.8 Å². The third kappa shape index (κ3) is 6.34. The Balaban J connectivity index is 1.51. The fourth-order valence-corrected chi connectivity index (χ4v) is 3.72. The van der Waals surface area contributed by atoms with Crippen LogP contribution in [0.4, 0.5) is 5.69 Å². The molecule has 2 aromatic carbocycles. The average Bonchev–Trinajstić information content (AvgIpc) is 3.10. The molecular weight excluding hydrogens is 428 g/mol. The van der Waals surface area contributed by atoms with Crippen LogP contribution in [-0.4, -0.2) is 39.0 Å². The van der Waals surface area contributed by atoms with Crippen LogP contribution >= 0.6 is 11.8 Å². The Kier molecular flexibility index (Phi) is 7.88. The number of amides is 1. The first-order chi connectivity index (χ1) is 15.4. The molecule has 8 nitrogen and oxygen atoms in total. The highest BCUT2D eigenvalue weighted by Crippen LogP contribution is 2.20. The van der Waals surface area contributed by atoms with Crippen molar-refractivity contribution < 1.29 is 19.1 Å². The molecule has 0 aliphatic rings. The van der Waals surface area contributed by atoms with E-state index in [-0.39, 0.29) is 24.2 Å². The number of carbonyl (C=O) groups is 2. The molecule has 32 heavy (non-hydrogen) atoms. The highest BCUT2D eigenvalue weighted by atomic mass is 32.2. The number of hydrogen-bond donors (Lipinski definition) is 1. The molecule has 0 aliphatic heterocycles. The van der Waals surface area contributed by atoms with Crippen molar-refractivity contribution in [3.05, 3.63) is 65.0 Å². The summed E-state index contributed by atoms with van der Waals surface area (Å²) >= 11 is 1.28. The van der Waals surface area contributed by atoms with Crippen LogP contribution in [0.25, 0.3) is 0 Å². The lowest BCUT2D eigenvalue weighted by Gasteiger charge is -2.08. The molecule has 1 aromatic heterocycles. The molecule has 0 bridgehead atoms. The molecule has 0 atom stereocenters. The molecule has 0 radical (unpaired) electrons. The van der Waals surface area contributed by atoms with E-state index in [0.717, 1.165) is 16.9 Å². The predicted octanol–water partition coefficient (Wildman–Crippen LogP) is 3.92. The molecule has 0 aliphatic carbocycles. The summed E-state index contributed by atoms with van der Waals surface area (Å²) in [6, 6.07) is 12.6. The highest BCUT2D eigenvalue weighted by Gasteiger charge is 2.13. The standard InChI is InChI=1S/C23H26N4O4S/c1-5-30-22(29)17-6-8-18(9-7-17)24-21(28)14-32-23-26-25-20(27(23)4)13-31-19-11-15(2)10-16(3)12-19/h6-12H,5,13-14H2,1-4H3,(H,24,28). The topological polar surface area (TPSA) is 95.3 Å². The van der Waals surface area contributed by atoms with Crippen LogP contribution in [0.2, 0.25) is 0 Å². The minimum atomic E-state index is -0.388. The van der Waals surface area contributed by atoms with Gasteiger partial charge in [-0.15, -0.1) is 10.2 Å². The predicted molar refractivity (Wildman–Crippen MR) is 123 cm³/mol. The zero-order valence-corrected chi connectivity index (χ0v) is 19.4. The van der Waals surface area contributed by atoms with Gasteiger partial charge in [-0.05, 0) is 68.3 Å². The monoisotopic (exact) mass is 454 g/mol. The second kappa shape index (κ2) is 10.8. The van der Waals surface area contributed by atoms with Crippen molar-refractivity contribution in [2.75, 3.05) is 17.7 Å². The van der Waals surface area contributed by atoms with Gasteiger partial charge in [0.2, 0.25) is 5.91 Å². The minimum Gasteiger partial charge on any atom is -0.486 e. The van der Waals surface area contributed by atoms with Crippen LogP contribution in [-0.2, 0) is 23.2 Å². The summed E-state index contributed by atoms with van der Waals surface area (Å²) in [7, 11) is 1.84. The van der Waals surface area contributed by atoms with Crippen molar-refractivity contribution >= 4 is 29.3 Å². The van der Waals surface area contributed by atoms with Gasteiger partial charge >= 0.3 is 5.97 Å². The summed E-state index contributed by atoms with van der Waals surface area (Å²) in [5, 5.41) is 11.7. The molecule has 1 amide bonds. The van der Waals surface area contributed by atoms with E-state index in [2.05, 4.69) is 21.6 Å². The third-order valence-electron chi connectivity index (χ3n) is 4.50. The summed E-state index contributed by atoms with van der Waals surface area (Å²) in [5.41, 5.74) is 3.31. The van der Waals surface area contributed by atoms with E-state index in [9.17, 15) is 9.59 Å². The third-order valence-corrected chi connectivity index (χ3v) is 5.52. The van der Waals surface area contributed by atoms with Crippen molar-refractivity contribution in [3.8, 4) is 5.75 Å². The summed E-state index contributed by atoms with van der Waals surface area (Å²) in [6.45, 7) is 6.40. The van der Waals surface area contributed by atoms with Crippen molar-refractivity contribution in [2.45, 2.75) is 32.5 Å². The molecule has 3 rings (SSSR count). The van der Waals surface area contributed by atoms with E-state index in [1.807, 2.05) is 37.6 Å². The van der Waals surface area contributed by atoms with Crippen LogP contribution < -0.4 is 10.1 Å². The first-order valence-corrected chi connectivity index (χ1v) is 11.1. The lowest BCUT2D eigenvalue weighted by molar-refractivity contribution is -0.113. The Labute approximate surface area is 191 Å². The van der Waals surface area contributed by atoms with Gasteiger partial charge in [-0.25, -0.2) is 4.79 Å². The molecule has 9 heteroatoms. The van der Waals surface area contributed by atoms with E-state index in [4.69, 9.17) is 9.47 Å². The smallest absolute Gasteiger partial charge is 0.338 e. The normalized spacial score (nSPS) is 10.6. The SMILES string of the molecule is CCOC(=O)c1ccc(NC(=O)CSc2nnc(COc3cc(C)cc(C)c3)n2C)cc1. The van der Waals surface area contributed by atoms with Crippen molar-refractivity contribution in [1.82, 2.24) is 14.8 Å². The number of carbonyl (C=O) groups excluding carboxylic acids is 2. The molecule has 1 heterocycles. The molecule has 0 fully saturated rings. The van der Waals surface area contributed by atoms with Crippen LogP contribution in [0.15, 0.2) is 47.6 Å². The van der Waals surface area contributed by atoms with Gasteiger partial charge in [0.05, 0.1) is 17.9 Å². The number of aromatic nitrogens is 3. The number of rotatable bonds is 9. The van der Waals surface area contributed by atoms with Gasteiger partial charge in [-0.3, -0.25) is 4.79 Å². The fraction of sp³-hybridized carbons (Fsp3) is 0.304. The lowest BCUT2D eigenvalue weighted by Crippen LogP contribution is -2.15. The number of ether oxygens (including phenoxy) is 2. The first-order valence-electron chi connectivity index (χ1n) is 10.1. The Hall–Kier alpha value is -3.33. The maximum atomic E-state index is 12.3. The molecule has 168 valence electrons. The van der Waals surface area contributed by atoms with Crippen molar-refractivity contribution in [3.63, 3.8) is 0 Å². The Morgan fingerprint density at radius 2 is 1.75 bits per heavy atom. The van der Waals surface area contributed by atoms with Crippen LogP contribution in [0.5, 0.6) is 5.75 Å². The van der Waals surface area contributed by atoms with Crippen LogP contribution in [0.3, 0.4) is 0 Å². The van der Waals surface area contributed by atoms with Gasteiger partial charge in [0.15, 0.2) is 11.0 Å². The van der Waals surface area contributed by atoms with E-state index in [1.54, 1.807) is 31.2 Å². The van der Waals surface area contributed by atoms with Crippen LogP contribution in [0, 0.1) is 13.8 Å². The van der Waals surface area contributed by atoms with Gasteiger partial charge in [-0.2, -0.15) is 0 Å². The first kappa shape index (κ1) is 23.3. The molecule has 1 N–H and O–H groups in total. The Bertz CT molecular complexity index is 1080. The highest BCUT2D eigenvalue weighted by molar-refractivity contribution is 7.99. The average molecular weight is 455 g/mol.